The highest BCUT2D eigenvalue weighted by molar-refractivity contribution is 5.84. The molecule has 3 rings (SSSR count). The molecule has 2 atom stereocenters. The van der Waals surface area contributed by atoms with E-state index in [1.54, 1.807) is 6.92 Å². The minimum Gasteiger partial charge on any atom is -0.347 e. The summed E-state index contributed by atoms with van der Waals surface area (Å²) in [6.07, 6.45) is -0.250. The average molecular weight is 354 g/mol. The first kappa shape index (κ1) is 18.0. The topological polar surface area (TPSA) is 55.1 Å². The Kier molecular flexibility index (Phi) is 5.28. The van der Waals surface area contributed by atoms with Crippen molar-refractivity contribution in [3.63, 3.8) is 0 Å². The van der Waals surface area contributed by atoms with E-state index < -0.39 is 23.6 Å². The summed E-state index contributed by atoms with van der Waals surface area (Å²) in [5.41, 5.74) is 6.95. The van der Waals surface area contributed by atoms with Gasteiger partial charge in [0, 0.05) is 11.6 Å². The number of amides is 1. The minimum atomic E-state index is -0.995. The molecule has 0 saturated heterocycles. The molecule has 1 amide bonds. The van der Waals surface area contributed by atoms with Crippen LogP contribution in [0, 0.1) is 11.6 Å². The Morgan fingerprint density at radius 1 is 1.04 bits per heavy atom. The van der Waals surface area contributed by atoms with E-state index in [0.717, 1.165) is 22.4 Å². The Hall–Kier alpha value is -2.79. The molecule has 0 aliphatic rings. The lowest BCUT2D eigenvalue weighted by molar-refractivity contribution is -0.121. The highest BCUT2D eigenvalue weighted by Crippen LogP contribution is 2.22. The normalized spacial score (nSPS) is 13.4. The number of benzene rings is 3. The zero-order valence-electron chi connectivity index (χ0n) is 14.4. The molecule has 0 radical (unpaired) electrons. The van der Waals surface area contributed by atoms with Gasteiger partial charge in [0.05, 0.1) is 12.5 Å². The van der Waals surface area contributed by atoms with Crippen LogP contribution in [0.1, 0.15) is 24.1 Å². The van der Waals surface area contributed by atoms with E-state index in [-0.39, 0.29) is 18.0 Å². The molecule has 5 heteroatoms. The van der Waals surface area contributed by atoms with Crippen LogP contribution in [-0.2, 0) is 11.2 Å². The van der Waals surface area contributed by atoms with Crippen molar-refractivity contribution in [2.45, 2.75) is 25.4 Å². The predicted octanol–water partition coefficient (Wildman–Crippen LogP) is 3.87. The van der Waals surface area contributed by atoms with Gasteiger partial charge in [-0.2, -0.15) is 0 Å². The third-order valence-corrected chi connectivity index (χ3v) is 4.36. The molecule has 0 aliphatic heterocycles. The summed E-state index contributed by atoms with van der Waals surface area (Å²) in [4.78, 5) is 12.4. The summed E-state index contributed by atoms with van der Waals surface area (Å²) in [6, 6.07) is 16.8. The Bertz CT molecular complexity index is 940. The second kappa shape index (κ2) is 7.62. The van der Waals surface area contributed by atoms with Crippen LogP contribution in [-0.4, -0.2) is 11.9 Å². The number of fused-ring (bicyclic) bond motifs is 1. The van der Waals surface area contributed by atoms with Gasteiger partial charge in [0.2, 0.25) is 5.91 Å². The average Bonchev–Trinajstić information content (AvgIpc) is 2.63. The SMILES string of the molecule is CC(N)C(NC(=O)Cc1cccc(F)c1F)c1ccc2ccccc2c1. The summed E-state index contributed by atoms with van der Waals surface area (Å²) in [7, 11) is 0. The van der Waals surface area contributed by atoms with Gasteiger partial charge < -0.3 is 11.1 Å². The molecule has 3 N–H and O–H groups in total. The molecule has 3 aromatic rings. The molecular weight excluding hydrogens is 334 g/mol. The van der Waals surface area contributed by atoms with Crippen LogP contribution in [0.3, 0.4) is 0 Å². The Balaban J connectivity index is 1.81. The molecule has 0 saturated carbocycles. The van der Waals surface area contributed by atoms with Crippen LogP contribution in [0.25, 0.3) is 10.8 Å². The van der Waals surface area contributed by atoms with Crippen LogP contribution in [0.2, 0.25) is 0 Å². The van der Waals surface area contributed by atoms with Crippen molar-refractivity contribution in [1.29, 1.82) is 0 Å². The second-order valence-electron chi connectivity index (χ2n) is 6.40. The van der Waals surface area contributed by atoms with Gasteiger partial charge in [-0.1, -0.05) is 48.5 Å². The maximum absolute atomic E-state index is 13.8. The maximum Gasteiger partial charge on any atom is 0.225 e. The van der Waals surface area contributed by atoms with Gasteiger partial charge in [-0.3, -0.25) is 4.79 Å². The number of rotatable bonds is 5. The fourth-order valence-corrected chi connectivity index (χ4v) is 3.00. The molecule has 134 valence electrons. The number of hydrogen-bond acceptors (Lipinski definition) is 2. The number of hydrogen-bond donors (Lipinski definition) is 2. The van der Waals surface area contributed by atoms with Crippen LogP contribution in [0.4, 0.5) is 8.78 Å². The van der Waals surface area contributed by atoms with Crippen molar-refractivity contribution in [2.24, 2.45) is 5.73 Å². The molecule has 0 spiro atoms. The number of carbonyl (C=O) groups excluding carboxylic acids is 1. The highest BCUT2D eigenvalue weighted by atomic mass is 19.2. The van der Waals surface area contributed by atoms with Gasteiger partial charge in [-0.05, 0) is 35.4 Å². The molecule has 3 aromatic carbocycles. The third kappa shape index (κ3) is 3.89. The molecule has 0 heterocycles. The Labute approximate surface area is 150 Å². The fraction of sp³-hybridized carbons (Fsp3) is 0.190. The lowest BCUT2D eigenvalue weighted by Crippen LogP contribution is -2.40. The number of halogens is 2. The van der Waals surface area contributed by atoms with Crippen molar-refractivity contribution >= 4 is 16.7 Å². The fourth-order valence-electron chi connectivity index (χ4n) is 3.00. The van der Waals surface area contributed by atoms with Crippen molar-refractivity contribution in [3.8, 4) is 0 Å². The van der Waals surface area contributed by atoms with Gasteiger partial charge in [0.1, 0.15) is 0 Å². The van der Waals surface area contributed by atoms with Crippen LogP contribution in [0.15, 0.2) is 60.7 Å². The maximum atomic E-state index is 13.8. The van der Waals surface area contributed by atoms with Crippen LogP contribution < -0.4 is 11.1 Å². The van der Waals surface area contributed by atoms with Crippen molar-refractivity contribution < 1.29 is 13.6 Å². The molecule has 26 heavy (non-hydrogen) atoms. The summed E-state index contributed by atoms with van der Waals surface area (Å²) >= 11 is 0. The van der Waals surface area contributed by atoms with Crippen molar-refractivity contribution in [1.82, 2.24) is 5.32 Å². The quantitative estimate of drug-likeness (QED) is 0.731. The van der Waals surface area contributed by atoms with Crippen LogP contribution >= 0.6 is 0 Å². The molecule has 0 fully saturated rings. The summed E-state index contributed by atoms with van der Waals surface area (Å²) in [5.74, 6) is -2.37. The monoisotopic (exact) mass is 354 g/mol. The van der Waals surface area contributed by atoms with Crippen molar-refractivity contribution in [3.05, 3.63) is 83.4 Å². The minimum absolute atomic E-state index is 0.0180. The first-order chi connectivity index (χ1) is 12.5. The molecule has 3 nitrogen and oxygen atoms in total. The predicted molar refractivity (Wildman–Crippen MR) is 98.5 cm³/mol. The molecule has 2 unspecified atom stereocenters. The van der Waals surface area contributed by atoms with Crippen molar-refractivity contribution in [2.75, 3.05) is 0 Å². The molecule has 0 aliphatic carbocycles. The van der Waals surface area contributed by atoms with Gasteiger partial charge in [-0.25, -0.2) is 8.78 Å². The molecule has 0 aromatic heterocycles. The smallest absolute Gasteiger partial charge is 0.225 e. The van der Waals surface area contributed by atoms with E-state index in [4.69, 9.17) is 5.73 Å². The Morgan fingerprint density at radius 3 is 2.50 bits per heavy atom. The number of nitrogens with two attached hydrogens (primary N) is 1. The highest BCUT2D eigenvalue weighted by Gasteiger charge is 2.20. The van der Waals surface area contributed by atoms with E-state index in [1.807, 2.05) is 42.5 Å². The number of carbonyl (C=O) groups is 1. The van der Waals surface area contributed by atoms with E-state index >= 15 is 0 Å². The first-order valence-electron chi connectivity index (χ1n) is 8.42. The van der Waals surface area contributed by atoms with E-state index in [2.05, 4.69) is 5.32 Å². The van der Waals surface area contributed by atoms with E-state index in [1.165, 1.54) is 12.1 Å². The Morgan fingerprint density at radius 2 is 1.77 bits per heavy atom. The van der Waals surface area contributed by atoms with Crippen LogP contribution in [0.5, 0.6) is 0 Å². The molecular formula is C21H20F2N2O. The number of nitrogens with one attached hydrogen (secondary N) is 1. The van der Waals surface area contributed by atoms with E-state index in [9.17, 15) is 13.6 Å². The zero-order chi connectivity index (χ0) is 18.7. The van der Waals surface area contributed by atoms with Gasteiger partial charge in [0.25, 0.3) is 0 Å². The lowest BCUT2D eigenvalue weighted by Gasteiger charge is -2.23. The van der Waals surface area contributed by atoms with Gasteiger partial charge >= 0.3 is 0 Å². The zero-order valence-corrected chi connectivity index (χ0v) is 14.4. The standard InChI is InChI=1S/C21H20F2N2O/c1-13(24)21(17-10-9-14-5-2-3-6-15(14)11-17)25-19(26)12-16-7-4-8-18(22)20(16)23/h2-11,13,21H,12,24H2,1H3,(H,25,26). The summed E-state index contributed by atoms with van der Waals surface area (Å²) in [5, 5.41) is 4.97. The lowest BCUT2D eigenvalue weighted by atomic mass is 9.97. The van der Waals surface area contributed by atoms with E-state index in [0.29, 0.717) is 0 Å². The van der Waals surface area contributed by atoms with Gasteiger partial charge in [0.15, 0.2) is 11.6 Å². The summed E-state index contributed by atoms with van der Waals surface area (Å²) in [6.45, 7) is 1.79. The molecule has 0 bridgehead atoms. The first-order valence-corrected chi connectivity index (χ1v) is 8.42. The summed E-state index contributed by atoms with van der Waals surface area (Å²) < 4.78 is 27.1. The largest absolute Gasteiger partial charge is 0.347 e. The second-order valence-corrected chi connectivity index (χ2v) is 6.40. The third-order valence-electron chi connectivity index (χ3n) is 4.36. The van der Waals surface area contributed by atoms with Gasteiger partial charge in [-0.15, -0.1) is 0 Å².